The highest BCUT2D eigenvalue weighted by Crippen LogP contribution is 2.30. The van der Waals surface area contributed by atoms with Crippen molar-refractivity contribution in [1.29, 1.82) is 0 Å². The van der Waals surface area contributed by atoms with Crippen LogP contribution in [0.25, 0.3) is 10.2 Å². The van der Waals surface area contributed by atoms with Crippen LogP contribution in [-0.4, -0.2) is 22.3 Å². The number of carbonyl (C=O) groups is 1. The molecule has 3 aromatic heterocycles. The van der Waals surface area contributed by atoms with E-state index < -0.39 is 0 Å². The molecule has 0 spiro atoms. The Hall–Kier alpha value is -1.70. The number of thiophene rings is 2. The molecule has 0 aromatic carbocycles. The van der Waals surface area contributed by atoms with Gasteiger partial charge in [0.2, 0.25) is 0 Å². The summed E-state index contributed by atoms with van der Waals surface area (Å²) in [4.78, 5) is 13.8. The average molecular weight is 321 g/mol. The van der Waals surface area contributed by atoms with Gasteiger partial charge in [0.25, 0.3) is 5.91 Å². The van der Waals surface area contributed by atoms with E-state index >= 15 is 0 Å². The summed E-state index contributed by atoms with van der Waals surface area (Å²) in [6, 6.07) is 5.62. The highest BCUT2D eigenvalue weighted by molar-refractivity contribution is 7.16. The number of ether oxygens (including phenoxy) is 1. The Morgan fingerprint density at radius 2 is 2.29 bits per heavy atom. The first kappa shape index (κ1) is 14.2. The lowest BCUT2D eigenvalue weighted by Crippen LogP contribution is -2.13. The Balaban J connectivity index is 1.92. The first-order chi connectivity index (χ1) is 10.2. The number of aromatic nitrogens is 2. The molecule has 1 N–H and O–H groups in total. The van der Waals surface area contributed by atoms with Gasteiger partial charge < -0.3 is 10.1 Å². The Morgan fingerprint density at radius 1 is 1.43 bits per heavy atom. The minimum Gasteiger partial charge on any atom is -0.357 e. The van der Waals surface area contributed by atoms with Gasteiger partial charge in [-0.25, -0.2) is 4.68 Å². The van der Waals surface area contributed by atoms with Crippen molar-refractivity contribution in [1.82, 2.24) is 9.78 Å². The first-order valence-corrected chi connectivity index (χ1v) is 8.38. The molecule has 0 bridgehead atoms. The maximum absolute atomic E-state index is 12.2. The number of amides is 1. The van der Waals surface area contributed by atoms with Gasteiger partial charge in [-0.05, 0) is 36.7 Å². The third kappa shape index (κ3) is 2.72. The molecule has 7 heteroatoms. The van der Waals surface area contributed by atoms with Crippen LogP contribution < -0.4 is 5.32 Å². The highest BCUT2D eigenvalue weighted by atomic mass is 32.1. The second-order valence-electron chi connectivity index (χ2n) is 4.42. The van der Waals surface area contributed by atoms with Crippen LogP contribution in [0.5, 0.6) is 0 Å². The number of nitrogens with zero attached hydrogens (tertiary/aromatic N) is 2. The lowest BCUT2D eigenvalue weighted by atomic mass is 10.4. The minimum absolute atomic E-state index is 0.133. The van der Waals surface area contributed by atoms with Gasteiger partial charge in [0.05, 0.1) is 10.3 Å². The molecule has 110 valence electrons. The Morgan fingerprint density at radius 3 is 3.00 bits per heavy atom. The molecule has 21 heavy (non-hydrogen) atoms. The largest absolute Gasteiger partial charge is 0.357 e. The maximum atomic E-state index is 12.2. The lowest BCUT2D eigenvalue weighted by molar-refractivity contribution is 0.0197. The molecule has 0 aliphatic carbocycles. The standard InChI is InChI=1S/C14H15N3O2S2/c1-3-19-9(2)17-14-10(6-8-21-14)12(16-17)15-13(18)11-5-4-7-20-11/h4-9H,3H2,1-2H3,(H,15,16,18). The van der Waals surface area contributed by atoms with E-state index in [0.717, 1.165) is 10.2 Å². The molecule has 0 aliphatic heterocycles. The van der Waals surface area contributed by atoms with E-state index in [1.165, 1.54) is 11.3 Å². The van der Waals surface area contributed by atoms with Crippen molar-refractivity contribution in [3.05, 3.63) is 33.8 Å². The minimum atomic E-state index is -0.163. The number of hydrogen-bond acceptors (Lipinski definition) is 5. The molecule has 3 rings (SSSR count). The van der Waals surface area contributed by atoms with Gasteiger partial charge in [0.15, 0.2) is 5.82 Å². The molecule has 1 amide bonds. The van der Waals surface area contributed by atoms with Crippen molar-refractivity contribution in [2.45, 2.75) is 20.1 Å². The highest BCUT2D eigenvalue weighted by Gasteiger charge is 2.18. The van der Waals surface area contributed by atoms with Crippen molar-refractivity contribution in [2.75, 3.05) is 11.9 Å². The van der Waals surface area contributed by atoms with Crippen LogP contribution in [0.1, 0.15) is 29.7 Å². The van der Waals surface area contributed by atoms with Crippen LogP contribution in [0.2, 0.25) is 0 Å². The monoisotopic (exact) mass is 321 g/mol. The summed E-state index contributed by atoms with van der Waals surface area (Å²) in [5.74, 6) is 0.447. The van der Waals surface area contributed by atoms with E-state index in [0.29, 0.717) is 17.3 Å². The summed E-state index contributed by atoms with van der Waals surface area (Å²) in [5.41, 5.74) is 0. The zero-order chi connectivity index (χ0) is 14.8. The van der Waals surface area contributed by atoms with Gasteiger partial charge in [-0.3, -0.25) is 4.79 Å². The molecule has 1 unspecified atom stereocenters. The quantitative estimate of drug-likeness (QED) is 0.773. The number of anilines is 1. The second-order valence-corrected chi connectivity index (χ2v) is 6.26. The van der Waals surface area contributed by atoms with Crippen LogP contribution in [-0.2, 0) is 4.74 Å². The van der Waals surface area contributed by atoms with E-state index in [1.54, 1.807) is 17.4 Å². The molecule has 5 nitrogen and oxygen atoms in total. The van der Waals surface area contributed by atoms with Crippen molar-refractivity contribution in [3.8, 4) is 0 Å². The fourth-order valence-corrected chi connectivity index (χ4v) is 3.63. The molecule has 0 aliphatic rings. The summed E-state index contributed by atoms with van der Waals surface area (Å²) in [7, 11) is 0. The first-order valence-electron chi connectivity index (χ1n) is 6.63. The molecule has 0 radical (unpaired) electrons. The number of nitrogens with one attached hydrogen (secondary N) is 1. The Labute approximate surface area is 130 Å². The number of fused-ring (bicyclic) bond motifs is 1. The third-order valence-electron chi connectivity index (χ3n) is 3.04. The van der Waals surface area contributed by atoms with Crippen molar-refractivity contribution in [2.24, 2.45) is 0 Å². The predicted molar refractivity (Wildman–Crippen MR) is 86.2 cm³/mol. The van der Waals surface area contributed by atoms with Crippen LogP contribution in [0.4, 0.5) is 5.82 Å². The van der Waals surface area contributed by atoms with Crippen LogP contribution in [0.3, 0.4) is 0 Å². The van der Waals surface area contributed by atoms with Crippen molar-refractivity contribution < 1.29 is 9.53 Å². The zero-order valence-corrected chi connectivity index (χ0v) is 13.3. The molecule has 0 fully saturated rings. The molecule has 1 atom stereocenters. The number of hydrogen-bond donors (Lipinski definition) is 1. The number of rotatable bonds is 5. The molecular weight excluding hydrogens is 306 g/mol. The van der Waals surface area contributed by atoms with E-state index in [1.807, 2.05) is 41.4 Å². The molecule has 3 aromatic rings. The number of carbonyl (C=O) groups excluding carboxylic acids is 1. The van der Waals surface area contributed by atoms with Gasteiger partial charge in [-0.2, -0.15) is 5.10 Å². The van der Waals surface area contributed by atoms with Crippen LogP contribution in [0, 0.1) is 0 Å². The molecule has 0 saturated carbocycles. The molecule has 3 heterocycles. The second kappa shape index (κ2) is 5.97. The molecular formula is C14H15N3O2S2. The lowest BCUT2D eigenvalue weighted by Gasteiger charge is -2.12. The molecule has 0 saturated heterocycles. The maximum Gasteiger partial charge on any atom is 0.266 e. The fourth-order valence-electron chi connectivity index (χ4n) is 2.09. The Kier molecular flexibility index (Phi) is 4.05. The summed E-state index contributed by atoms with van der Waals surface area (Å²) in [6.07, 6.45) is -0.163. The SMILES string of the molecule is CCOC(C)n1nc(NC(=O)c2cccs2)c2ccsc21. The van der Waals surface area contributed by atoms with E-state index in [4.69, 9.17) is 4.74 Å². The van der Waals surface area contributed by atoms with Crippen LogP contribution >= 0.6 is 22.7 Å². The zero-order valence-electron chi connectivity index (χ0n) is 11.7. The topological polar surface area (TPSA) is 56.1 Å². The van der Waals surface area contributed by atoms with E-state index in [2.05, 4.69) is 10.4 Å². The fraction of sp³-hybridized carbons (Fsp3) is 0.286. The van der Waals surface area contributed by atoms with Gasteiger partial charge >= 0.3 is 0 Å². The van der Waals surface area contributed by atoms with Gasteiger partial charge in [0.1, 0.15) is 11.1 Å². The summed E-state index contributed by atoms with van der Waals surface area (Å²) in [5, 5.41) is 12.2. The average Bonchev–Trinajstić information content (AvgIpc) is 3.17. The normalized spacial score (nSPS) is 12.7. The third-order valence-corrected chi connectivity index (χ3v) is 4.82. The summed E-state index contributed by atoms with van der Waals surface area (Å²) in [6.45, 7) is 4.51. The van der Waals surface area contributed by atoms with E-state index in [9.17, 15) is 4.79 Å². The van der Waals surface area contributed by atoms with Crippen LogP contribution in [0.15, 0.2) is 29.0 Å². The summed E-state index contributed by atoms with van der Waals surface area (Å²) >= 11 is 3.00. The van der Waals surface area contributed by atoms with Crippen molar-refractivity contribution >= 4 is 44.6 Å². The smallest absolute Gasteiger partial charge is 0.266 e. The predicted octanol–water partition coefficient (Wildman–Crippen LogP) is 3.97. The van der Waals surface area contributed by atoms with Crippen molar-refractivity contribution in [3.63, 3.8) is 0 Å². The van der Waals surface area contributed by atoms with Gasteiger partial charge in [-0.1, -0.05) is 6.07 Å². The Bertz CT molecular complexity index is 746. The van der Waals surface area contributed by atoms with E-state index in [-0.39, 0.29) is 12.1 Å². The van der Waals surface area contributed by atoms with Gasteiger partial charge in [0, 0.05) is 6.61 Å². The van der Waals surface area contributed by atoms with Gasteiger partial charge in [-0.15, -0.1) is 22.7 Å². The summed E-state index contributed by atoms with van der Waals surface area (Å²) < 4.78 is 7.41.